The molecule has 5 rings (SSSR count). The molecule has 0 spiro atoms. The number of halogens is 2. The number of aromatic nitrogens is 4. The normalized spacial score (nSPS) is 16.2. The Balaban J connectivity index is 1.26. The van der Waals surface area contributed by atoms with Crippen molar-refractivity contribution in [3.63, 3.8) is 0 Å². The molecule has 1 atom stereocenters. The Bertz CT molecular complexity index is 1280. The fourth-order valence-electron chi connectivity index (χ4n) is 3.98. The van der Waals surface area contributed by atoms with Crippen molar-refractivity contribution in [3.8, 4) is 11.4 Å². The summed E-state index contributed by atoms with van der Waals surface area (Å²) < 4.78 is 14.5. The van der Waals surface area contributed by atoms with E-state index in [0.29, 0.717) is 41.7 Å². The van der Waals surface area contributed by atoms with Crippen LogP contribution in [-0.4, -0.2) is 50.5 Å². The Morgan fingerprint density at radius 1 is 1.36 bits per heavy atom. The van der Waals surface area contributed by atoms with Crippen molar-refractivity contribution in [2.45, 2.75) is 12.8 Å². The molecular formula is C22H21ClFN7OS. The molecule has 0 aromatic carbocycles. The van der Waals surface area contributed by atoms with Crippen LogP contribution in [0.4, 0.5) is 20.0 Å². The molecule has 170 valence electrons. The number of anilines is 2. The van der Waals surface area contributed by atoms with Gasteiger partial charge in [0, 0.05) is 43.0 Å². The van der Waals surface area contributed by atoms with Gasteiger partial charge in [0.05, 0.1) is 16.2 Å². The minimum absolute atomic E-state index is 0.107. The lowest BCUT2D eigenvalue weighted by Crippen LogP contribution is -2.43. The van der Waals surface area contributed by atoms with E-state index in [2.05, 4.69) is 30.6 Å². The van der Waals surface area contributed by atoms with Crippen LogP contribution < -0.4 is 10.6 Å². The Morgan fingerprint density at radius 3 is 3.12 bits per heavy atom. The van der Waals surface area contributed by atoms with Crippen molar-refractivity contribution in [1.82, 2.24) is 24.8 Å². The van der Waals surface area contributed by atoms with Gasteiger partial charge >= 0.3 is 6.03 Å². The van der Waals surface area contributed by atoms with Gasteiger partial charge in [0.25, 0.3) is 0 Å². The number of carbonyl (C=O) groups excluding carboxylic acids is 1. The second-order valence-electron chi connectivity index (χ2n) is 7.88. The molecule has 1 aliphatic rings. The van der Waals surface area contributed by atoms with Crippen LogP contribution in [0.3, 0.4) is 0 Å². The van der Waals surface area contributed by atoms with Crippen LogP contribution in [0, 0.1) is 11.7 Å². The first-order chi connectivity index (χ1) is 16.1. The number of nitrogens with one attached hydrogen (secondary N) is 3. The molecule has 0 radical (unpaired) electrons. The van der Waals surface area contributed by atoms with Crippen LogP contribution in [-0.2, 0) is 0 Å². The number of nitrogens with zero attached hydrogens (tertiary/aromatic N) is 4. The standard InChI is InChI=1S/C22H21ClFN7OS/c23-14-7-15-16(10-27-19(15)26-9-14)20-28-11-17(24)21(30-20)25-8-13-3-1-5-31(12-13)22(32)29-18-4-2-6-33-18/h2,4,6-7,9-11,13H,1,3,5,8,12H2,(H,26,27)(H,29,32)(H,25,28,30)/t13-/m1/s1. The third kappa shape index (κ3) is 4.76. The van der Waals surface area contributed by atoms with Crippen LogP contribution in [0.1, 0.15) is 12.8 Å². The summed E-state index contributed by atoms with van der Waals surface area (Å²) in [6.45, 7) is 1.80. The highest BCUT2D eigenvalue weighted by Crippen LogP contribution is 2.28. The van der Waals surface area contributed by atoms with E-state index in [0.717, 1.165) is 29.4 Å². The van der Waals surface area contributed by atoms with Gasteiger partial charge < -0.3 is 15.2 Å². The number of hydrogen-bond acceptors (Lipinski definition) is 6. The number of likely N-dealkylation sites (tertiary alicyclic amines) is 1. The second-order valence-corrected chi connectivity index (χ2v) is 9.27. The SMILES string of the molecule is O=C(Nc1cccs1)N1CCC[C@H](CNc2nc(-c3c[nH]c4ncc(Cl)cc34)ncc2F)C1. The largest absolute Gasteiger partial charge is 0.367 e. The highest BCUT2D eigenvalue weighted by molar-refractivity contribution is 7.14. The number of fused-ring (bicyclic) bond motifs is 1. The Morgan fingerprint density at radius 2 is 2.27 bits per heavy atom. The number of pyridine rings is 1. The zero-order chi connectivity index (χ0) is 22.8. The van der Waals surface area contributed by atoms with Gasteiger partial charge in [-0.1, -0.05) is 11.6 Å². The molecule has 0 saturated carbocycles. The van der Waals surface area contributed by atoms with Crippen molar-refractivity contribution in [3.05, 3.63) is 53.0 Å². The molecule has 33 heavy (non-hydrogen) atoms. The lowest BCUT2D eigenvalue weighted by atomic mass is 9.98. The number of amides is 2. The van der Waals surface area contributed by atoms with Gasteiger partial charge in [0.1, 0.15) is 5.65 Å². The Labute approximate surface area is 198 Å². The van der Waals surface area contributed by atoms with Crippen molar-refractivity contribution in [2.24, 2.45) is 5.92 Å². The lowest BCUT2D eigenvalue weighted by Gasteiger charge is -2.32. The number of carbonyl (C=O) groups is 1. The maximum atomic E-state index is 14.5. The van der Waals surface area contributed by atoms with Crippen molar-refractivity contribution >= 4 is 50.8 Å². The smallest absolute Gasteiger partial charge is 0.322 e. The molecule has 5 heterocycles. The third-order valence-electron chi connectivity index (χ3n) is 5.60. The molecule has 8 nitrogen and oxygen atoms in total. The van der Waals surface area contributed by atoms with Gasteiger partial charge in [-0.3, -0.25) is 5.32 Å². The molecule has 4 aromatic heterocycles. The highest BCUT2D eigenvalue weighted by Gasteiger charge is 2.24. The number of rotatable bonds is 5. The van der Waals surface area contributed by atoms with E-state index in [-0.39, 0.29) is 17.8 Å². The summed E-state index contributed by atoms with van der Waals surface area (Å²) in [6.07, 6.45) is 6.28. The van der Waals surface area contributed by atoms with Crippen molar-refractivity contribution in [2.75, 3.05) is 30.3 Å². The molecule has 4 aromatic rings. The minimum atomic E-state index is -0.530. The third-order valence-corrected chi connectivity index (χ3v) is 6.59. The van der Waals surface area contributed by atoms with E-state index < -0.39 is 5.82 Å². The van der Waals surface area contributed by atoms with Gasteiger partial charge in [-0.2, -0.15) is 0 Å². The molecule has 3 N–H and O–H groups in total. The topological polar surface area (TPSA) is 98.8 Å². The van der Waals surface area contributed by atoms with E-state index >= 15 is 0 Å². The van der Waals surface area contributed by atoms with Gasteiger partial charge in [-0.15, -0.1) is 11.3 Å². The molecule has 0 aliphatic carbocycles. The fourth-order valence-corrected chi connectivity index (χ4v) is 4.74. The summed E-state index contributed by atoms with van der Waals surface area (Å²) in [5.41, 5.74) is 1.34. The molecule has 0 unspecified atom stereocenters. The number of aromatic amines is 1. The van der Waals surface area contributed by atoms with Gasteiger partial charge in [0.15, 0.2) is 17.5 Å². The zero-order valence-corrected chi connectivity index (χ0v) is 19.1. The second kappa shape index (κ2) is 9.32. The van der Waals surface area contributed by atoms with E-state index in [4.69, 9.17) is 11.6 Å². The van der Waals surface area contributed by atoms with E-state index in [9.17, 15) is 9.18 Å². The quantitative estimate of drug-likeness (QED) is 0.359. The van der Waals surface area contributed by atoms with E-state index in [1.165, 1.54) is 11.3 Å². The average Bonchev–Trinajstić information content (AvgIpc) is 3.48. The zero-order valence-electron chi connectivity index (χ0n) is 17.5. The number of urea groups is 1. The maximum Gasteiger partial charge on any atom is 0.322 e. The van der Waals surface area contributed by atoms with Crippen molar-refractivity contribution in [1.29, 1.82) is 0 Å². The molecular weight excluding hydrogens is 465 g/mol. The summed E-state index contributed by atoms with van der Waals surface area (Å²) in [5.74, 6) is 0.152. The molecule has 2 amide bonds. The minimum Gasteiger partial charge on any atom is -0.367 e. The summed E-state index contributed by atoms with van der Waals surface area (Å²) in [4.78, 5) is 30.2. The summed E-state index contributed by atoms with van der Waals surface area (Å²) in [6, 6.07) is 5.44. The summed E-state index contributed by atoms with van der Waals surface area (Å²) in [7, 11) is 0. The number of H-pyrrole nitrogens is 1. The predicted molar refractivity (Wildman–Crippen MR) is 128 cm³/mol. The van der Waals surface area contributed by atoms with Crippen LogP contribution in [0.5, 0.6) is 0 Å². The first-order valence-electron chi connectivity index (χ1n) is 10.6. The first-order valence-corrected chi connectivity index (χ1v) is 11.8. The summed E-state index contributed by atoms with van der Waals surface area (Å²) >= 11 is 7.57. The van der Waals surface area contributed by atoms with E-state index in [1.807, 2.05) is 17.5 Å². The average molecular weight is 486 g/mol. The van der Waals surface area contributed by atoms with Crippen molar-refractivity contribution < 1.29 is 9.18 Å². The van der Waals surface area contributed by atoms with Gasteiger partial charge in [0.2, 0.25) is 0 Å². The molecule has 1 aliphatic heterocycles. The van der Waals surface area contributed by atoms with Gasteiger partial charge in [-0.05, 0) is 42.3 Å². The summed E-state index contributed by atoms with van der Waals surface area (Å²) in [5, 5.41) is 10.0. The Kier molecular flexibility index (Phi) is 6.10. The number of piperidine rings is 1. The number of thiophene rings is 1. The fraction of sp³-hybridized carbons (Fsp3) is 0.273. The van der Waals surface area contributed by atoms with Crippen LogP contribution >= 0.6 is 22.9 Å². The molecule has 11 heteroatoms. The Hall–Kier alpha value is -3.24. The molecule has 1 fully saturated rings. The van der Waals surface area contributed by atoms with Crippen LogP contribution in [0.2, 0.25) is 5.02 Å². The first kappa shape index (κ1) is 21.6. The highest BCUT2D eigenvalue weighted by atomic mass is 35.5. The van der Waals surface area contributed by atoms with Crippen LogP contribution in [0.15, 0.2) is 42.2 Å². The predicted octanol–water partition coefficient (Wildman–Crippen LogP) is 5.23. The molecule has 0 bridgehead atoms. The van der Waals surface area contributed by atoms with Crippen LogP contribution in [0.25, 0.3) is 22.4 Å². The number of hydrogen-bond donors (Lipinski definition) is 3. The monoisotopic (exact) mass is 485 g/mol. The lowest BCUT2D eigenvalue weighted by molar-refractivity contribution is 0.180. The molecule has 1 saturated heterocycles. The van der Waals surface area contributed by atoms with E-state index in [1.54, 1.807) is 23.4 Å². The maximum absolute atomic E-state index is 14.5. The van der Waals surface area contributed by atoms with Gasteiger partial charge in [-0.25, -0.2) is 24.1 Å².